The molecule has 0 atom stereocenters. The Labute approximate surface area is 165 Å². The molecule has 0 amide bonds. The summed E-state index contributed by atoms with van der Waals surface area (Å²) in [6, 6.07) is 19.6. The highest BCUT2D eigenvalue weighted by molar-refractivity contribution is 7.92. The number of nitrogens with zero attached hydrogens (tertiary/aromatic N) is 1. The van der Waals surface area contributed by atoms with Crippen molar-refractivity contribution < 1.29 is 18.3 Å². The predicted octanol–water partition coefficient (Wildman–Crippen LogP) is 3.13. The first-order valence-electron chi connectivity index (χ1n) is 8.23. The van der Waals surface area contributed by atoms with Crippen molar-refractivity contribution in [3.63, 3.8) is 0 Å². The summed E-state index contributed by atoms with van der Waals surface area (Å²) in [7, 11) is -3.83. The molecular formula is C20H13N2O4S2-. The number of nitrogens with one attached hydrogen (secondary N) is 1. The van der Waals surface area contributed by atoms with E-state index in [-0.39, 0.29) is 10.5 Å². The predicted molar refractivity (Wildman–Crippen MR) is 107 cm³/mol. The first-order chi connectivity index (χ1) is 13.4. The van der Waals surface area contributed by atoms with Crippen LogP contribution in [0.25, 0.3) is 20.8 Å². The largest absolute Gasteiger partial charge is 0.545 e. The van der Waals surface area contributed by atoms with Crippen molar-refractivity contribution in [2.24, 2.45) is 0 Å². The lowest BCUT2D eigenvalue weighted by Gasteiger charge is -2.09. The zero-order valence-corrected chi connectivity index (χ0v) is 16.0. The number of hydrogen-bond acceptors (Lipinski definition) is 6. The molecular weight excluding hydrogens is 396 g/mol. The third-order valence-corrected chi connectivity index (χ3v) is 6.56. The number of carboxylic acid groups (broad SMARTS) is 1. The van der Waals surface area contributed by atoms with E-state index in [4.69, 9.17) is 0 Å². The second kappa shape index (κ2) is 7.06. The fourth-order valence-corrected chi connectivity index (χ4v) is 4.69. The number of fused-ring (bicyclic) bond motifs is 1. The molecule has 6 nitrogen and oxygen atoms in total. The van der Waals surface area contributed by atoms with Gasteiger partial charge in [0.15, 0.2) is 0 Å². The number of sulfonamides is 1. The van der Waals surface area contributed by atoms with Crippen LogP contribution < -0.4 is 9.83 Å². The quantitative estimate of drug-likeness (QED) is 0.546. The van der Waals surface area contributed by atoms with E-state index in [2.05, 4.69) is 9.71 Å². The van der Waals surface area contributed by atoms with Crippen molar-refractivity contribution >= 4 is 43.2 Å². The summed E-state index contributed by atoms with van der Waals surface area (Å²) in [5.41, 5.74) is 2.13. The van der Waals surface area contributed by atoms with Gasteiger partial charge in [-0.1, -0.05) is 24.3 Å². The number of carbonyl (C=O) groups is 1. The zero-order chi connectivity index (χ0) is 19.7. The molecule has 140 valence electrons. The molecule has 28 heavy (non-hydrogen) atoms. The van der Waals surface area contributed by atoms with Gasteiger partial charge in [0.25, 0.3) is 10.0 Å². The number of aromatic nitrogens is 1. The first kappa shape index (κ1) is 18.1. The summed E-state index contributed by atoms with van der Waals surface area (Å²) in [5, 5.41) is 11.6. The van der Waals surface area contributed by atoms with Crippen LogP contribution in [0.2, 0.25) is 0 Å². The number of thiazole rings is 1. The van der Waals surface area contributed by atoms with Gasteiger partial charge in [0, 0.05) is 11.3 Å². The highest BCUT2D eigenvalue weighted by Crippen LogP contribution is 2.30. The van der Waals surface area contributed by atoms with Gasteiger partial charge in [-0.25, -0.2) is 13.4 Å². The Bertz CT molecular complexity index is 1230. The molecule has 1 N–H and O–H groups in total. The molecule has 0 unspecified atom stereocenters. The topological polar surface area (TPSA) is 99.2 Å². The Kier molecular flexibility index (Phi) is 4.58. The number of rotatable bonds is 5. The average molecular weight is 409 g/mol. The van der Waals surface area contributed by atoms with Gasteiger partial charge in [0.2, 0.25) is 0 Å². The summed E-state index contributed by atoms with van der Waals surface area (Å²) < 4.78 is 28.5. The minimum absolute atomic E-state index is 0.0345. The van der Waals surface area contributed by atoms with E-state index >= 15 is 0 Å². The molecule has 0 aliphatic carbocycles. The van der Waals surface area contributed by atoms with E-state index in [1.165, 1.54) is 24.3 Å². The molecule has 8 heteroatoms. The van der Waals surface area contributed by atoms with Crippen LogP contribution in [0.3, 0.4) is 0 Å². The zero-order valence-electron chi connectivity index (χ0n) is 14.3. The van der Waals surface area contributed by atoms with Crippen LogP contribution in [0.4, 0.5) is 5.69 Å². The van der Waals surface area contributed by atoms with Crippen LogP contribution >= 0.6 is 11.3 Å². The summed E-state index contributed by atoms with van der Waals surface area (Å²) in [4.78, 5) is 15.3. The Hall–Kier alpha value is -3.23. The molecule has 0 bridgehead atoms. The summed E-state index contributed by atoms with van der Waals surface area (Å²) in [5.74, 6) is -1.36. The van der Waals surface area contributed by atoms with Gasteiger partial charge >= 0.3 is 0 Å². The highest BCUT2D eigenvalue weighted by atomic mass is 32.2. The van der Waals surface area contributed by atoms with Crippen molar-refractivity contribution in [3.8, 4) is 10.6 Å². The Balaban J connectivity index is 1.55. The van der Waals surface area contributed by atoms with Gasteiger partial charge in [-0.05, 0) is 54.1 Å². The monoisotopic (exact) mass is 409 g/mol. The lowest BCUT2D eigenvalue weighted by molar-refractivity contribution is -0.255. The molecule has 0 fully saturated rings. The van der Waals surface area contributed by atoms with Crippen molar-refractivity contribution in [3.05, 3.63) is 78.4 Å². The Morgan fingerprint density at radius 3 is 2.25 bits per heavy atom. The molecule has 0 saturated carbocycles. The van der Waals surface area contributed by atoms with Crippen molar-refractivity contribution in [1.29, 1.82) is 0 Å². The summed E-state index contributed by atoms with van der Waals surface area (Å²) >= 11 is 1.57. The van der Waals surface area contributed by atoms with Crippen LogP contribution in [0.15, 0.2) is 77.7 Å². The summed E-state index contributed by atoms with van der Waals surface area (Å²) in [6.07, 6.45) is 0. The molecule has 0 aliphatic heterocycles. The van der Waals surface area contributed by atoms with E-state index in [9.17, 15) is 18.3 Å². The molecule has 0 aliphatic rings. The fourth-order valence-electron chi connectivity index (χ4n) is 2.66. The fraction of sp³-hybridized carbons (Fsp3) is 0. The van der Waals surface area contributed by atoms with Gasteiger partial charge in [-0.3, -0.25) is 4.72 Å². The number of carboxylic acids is 1. The maximum Gasteiger partial charge on any atom is 0.261 e. The van der Waals surface area contributed by atoms with E-state index in [1.807, 2.05) is 24.3 Å². The SMILES string of the molecule is O=C([O-])c1ccc(S(=O)(=O)Nc2ccc(-c3nc4ccccc4s3)cc2)cc1. The smallest absolute Gasteiger partial charge is 0.261 e. The molecule has 0 radical (unpaired) electrons. The van der Waals surface area contributed by atoms with Gasteiger partial charge in [0.1, 0.15) is 5.01 Å². The lowest BCUT2D eigenvalue weighted by atomic mass is 10.2. The van der Waals surface area contributed by atoms with Crippen LogP contribution in [-0.2, 0) is 10.0 Å². The van der Waals surface area contributed by atoms with Crippen molar-refractivity contribution in [1.82, 2.24) is 4.98 Å². The van der Waals surface area contributed by atoms with Crippen LogP contribution in [0, 0.1) is 0 Å². The number of benzene rings is 3. The van der Waals surface area contributed by atoms with Gasteiger partial charge in [-0.15, -0.1) is 11.3 Å². The van der Waals surface area contributed by atoms with Crippen molar-refractivity contribution in [2.45, 2.75) is 4.90 Å². The maximum absolute atomic E-state index is 12.5. The molecule has 4 rings (SSSR count). The van der Waals surface area contributed by atoms with Crippen LogP contribution in [0.1, 0.15) is 10.4 Å². The van der Waals surface area contributed by atoms with E-state index in [0.717, 1.165) is 20.8 Å². The Morgan fingerprint density at radius 2 is 1.61 bits per heavy atom. The normalized spacial score (nSPS) is 11.4. The van der Waals surface area contributed by atoms with Gasteiger partial charge < -0.3 is 9.90 Å². The molecule has 3 aromatic carbocycles. The number of para-hydroxylation sites is 1. The minimum Gasteiger partial charge on any atom is -0.545 e. The van der Waals surface area contributed by atoms with E-state index < -0.39 is 16.0 Å². The van der Waals surface area contributed by atoms with Crippen LogP contribution in [0.5, 0.6) is 0 Å². The van der Waals surface area contributed by atoms with Gasteiger partial charge in [-0.2, -0.15) is 0 Å². The van der Waals surface area contributed by atoms with E-state index in [1.54, 1.807) is 35.6 Å². The lowest BCUT2D eigenvalue weighted by Crippen LogP contribution is -2.22. The molecule has 0 spiro atoms. The maximum atomic E-state index is 12.5. The van der Waals surface area contributed by atoms with Crippen molar-refractivity contribution in [2.75, 3.05) is 4.72 Å². The highest BCUT2D eigenvalue weighted by Gasteiger charge is 2.14. The standard InChI is InChI=1S/C20H14N2O4S2/c23-20(24)14-7-11-16(12-8-14)28(25,26)22-15-9-5-13(6-10-15)19-21-17-3-1-2-4-18(17)27-19/h1-12,22H,(H,23,24)/p-1. The van der Waals surface area contributed by atoms with Gasteiger partial charge in [0.05, 0.1) is 21.1 Å². The second-order valence-electron chi connectivity index (χ2n) is 5.98. The molecule has 0 saturated heterocycles. The van der Waals surface area contributed by atoms with E-state index in [0.29, 0.717) is 5.69 Å². The van der Waals surface area contributed by atoms with Crippen LogP contribution in [-0.4, -0.2) is 19.4 Å². The third kappa shape index (κ3) is 3.60. The second-order valence-corrected chi connectivity index (χ2v) is 8.69. The summed E-state index contributed by atoms with van der Waals surface area (Å²) in [6.45, 7) is 0. The first-order valence-corrected chi connectivity index (χ1v) is 10.5. The number of hydrogen-bond donors (Lipinski definition) is 1. The molecule has 4 aromatic rings. The minimum atomic E-state index is -3.83. The Morgan fingerprint density at radius 1 is 0.929 bits per heavy atom. The average Bonchev–Trinajstić information content (AvgIpc) is 3.12. The number of anilines is 1. The molecule has 1 aromatic heterocycles. The number of carbonyl (C=O) groups excluding carboxylic acids is 1. The number of aromatic carboxylic acids is 1. The molecule has 1 heterocycles. The third-order valence-electron chi connectivity index (χ3n) is 4.08.